The van der Waals surface area contributed by atoms with Crippen molar-refractivity contribution in [1.29, 1.82) is 0 Å². The maximum absolute atomic E-state index is 10.6. The minimum absolute atomic E-state index is 0.0671. The highest BCUT2D eigenvalue weighted by atomic mass is 35.5. The number of hydrogen-bond acceptors (Lipinski definition) is 2. The third kappa shape index (κ3) is 1.40. The Morgan fingerprint density at radius 3 is 2.10 bits per heavy atom. The number of aliphatic hydroxyl groups is 1. The van der Waals surface area contributed by atoms with E-state index in [4.69, 9.17) is 28.3 Å². The van der Waals surface area contributed by atoms with Gasteiger partial charge in [-0.2, -0.15) is 0 Å². The molecule has 0 aromatic carbocycles. The Morgan fingerprint density at radius 2 is 1.70 bits per heavy atom. The van der Waals surface area contributed by atoms with Crippen molar-refractivity contribution in [3.05, 3.63) is 22.2 Å². The molecule has 0 aromatic rings. The minimum Gasteiger partial charge on any atom is -0.382 e. The van der Waals surface area contributed by atoms with E-state index in [0.717, 1.165) is 12.2 Å². The van der Waals surface area contributed by atoms with E-state index in [1.807, 2.05) is 0 Å². The van der Waals surface area contributed by atoms with E-state index in [2.05, 4.69) is 0 Å². The van der Waals surface area contributed by atoms with Crippen molar-refractivity contribution in [3.63, 3.8) is 0 Å². The number of aliphatic hydroxyl groups excluding tert-OH is 1. The molecule has 0 saturated carbocycles. The SMILES string of the molecule is O=C1C=C(Cl)C(O)C(Cl)=C1. The Balaban J connectivity index is 2.93. The van der Waals surface area contributed by atoms with Crippen LogP contribution < -0.4 is 0 Å². The summed E-state index contributed by atoms with van der Waals surface area (Å²) in [5, 5.41) is 9.15. The lowest BCUT2D eigenvalue weighted by molar-refractivity contribution is -0.110. The highest BCUT2D eigenvalue weighted by Crippen LogP contribution is 2.22. The Kier molecular flexibility index (Phi) is 2.14. The third-order valence-corrected chi connectivity index (χ3v) is 1.71. The van der Waals surface area contributed by atoms with Crippen molar-refractivity contribution in [2.24, 2.45) is 0 Å². The van der Waals surface area contributed by atoms with Crippen LogP contribution in [0.1, 0.15) is 0 Å². The summed E-state index contributed by atoms with van der Waals surface area (Å²) in [6.45, 7) is 0. The topological polar surface area (TPSA) is 37.3 Å². The lowest BCUT2D eigenvalue weighted by Crippen LogP contribution is -2.13. The summed E-state index contributed by atoms with van der Waals surface area (Å²) in [5.74, 6) is -0.291. The van der Waals surface area contributed by atoms with E-state index in [-0.39, 0.29) is 15.8 Å². The summed E-state index contributed by atoms with van der Waals surface area (Å²) in [5.41, 5.74) is 0. The fourth-order valence-electron chi connectivity index (χ4n) is 0.603. The first kappa shape index (κ1) is 7.79. The number of carbonyl (C=O) groups excluding carboxylic acids is 1. The Morgan fingerprint density at radius 1 is 1.30 bits per heavy atom. The van der Waals surface area contributed by atoms with E-state index >= 15 is 0 Å². The fourth-order valence-corrected chi connectivity index (χ4v) is 1.11. The molecule has 1 rings (SSSR count). The molecule has 0 fully saturated rings. The van der Waals surface area contributed by atoms with E-state index in [1.165, 1.54) is 0 Å². The summed E-state index contributed by atoms with van der Waals surface area (Å²) in [6, 6.07) is 0. The van der Waals surface area contributed by atoms with Gasteiger partial charge in [-0.05, 0) is 0 Å². The molecule has 0 unspecified atom stereocenters. The van der Waals surface area contributed by atoms with Gasteiger partial charge in [-0.3, -0.25) is 4.79 Å². The Hall–Kier alpha value is -0.310. The summed E-state index contributed by atoms with van der Waals surface area (Å²) < 4.78 is 0. The van der Waals surface area contributed by atoms with E-state index < -0.39 is 6.10 Å². The molecule has 0 heterocycles. The molecule has 0 radical (unpaired) electrons. The predicted molar refractivity (Wildman–Crippen MR) is 38.9 cm³/mol. The smallest absolute Gasteiger partial charge is 0.181 e. The fraction of sp³-hybridized carbons (Fsp3) is 0.167. The zero-order valence-electron chi connectivity index (χ0n) is 4.84. The zero-order valence-corrected chi connectivity index (χ0v) is 6.36. The van der Waals surface area contributed by atoms with Gasteiger partial charge in [0.05, 0.1) is 10.1 Å². The van der Waals surface area contributed by atoms with Crippen LogP contribution in [0, 0.1) is 0 Å². The van der Waals surface area contributed by atoms with Gasteiger partial charge in [0.15, 0.2) is 5.78 Å². The third-order valence-electron chi connectivity index (χ3n) is 1.08. The molecular formula is C6H4Cl2O2. The number of hydrogen-bond donors (Lipinski definition) is 1. The van der Waals surface area contributed by atoms with Crippen molar-refractivity contribution >= 4 is 29.0 Å². The number of ketones is 1. The molecule has 10 heavy (non-hydrogen) atoms. The van der Waals surface area contributed by atoms with Gasteiger partial charge in [0.25, 0.3) is 0 Å². The van der Waals surface area contributed by atoms with Crippen LogP contribution in [0.2, 0.25) is 0 Å². The van der Waals surface area contributed by atoms with Gasteiger partial charge in [0.2, 0.25) is 0 Å². The number of halogens is 2. The van der Waals surface area contributed by atoms with Gasteiger partial charge >= 0.3 is 0 Å². The van der Waals surface area contributed by atoms with Crippen LogP contribution >= 0.6 is 23.2 Å². The molecule has 54 valence electrons. The van der Waals surface area contributed by atoms with Crippen LogP contribution in [0.3, 0.4) is 0 Å². The second-order valence-corrected chi connectivity index (χ2v) is 2.74. The van der Waals surface area contributed by atoms with Crippen LogP contribution in [-0.2, 0) is 4.79 Å². The van der Waals surface area contributed by atoms with Crippen LogP contribution in [0.15, 0.2) is 22.2 Å². The molecule has 0 amide bonds. The average molecular weight is 179 g/mol. The average Bonchev–Trinajstić information content (AvgIpc) is 1.82. The molecule has 0 bridgehead atoms. The molecule has 0 atom stereocenters. The zero-order chi connectivity index (χ0) is 7.72. The molecule has 2 nitrogen and oxygen atoms in total. The molecule has 0 aliphatic heterocycles. The van der Waals surface area contributed by atoms with Gasteiger partial charge in [0, 0.05) is 12.2 Å². The van der Waals surface area contributed by atoms with Crippen LogP contribution in [0.25, 0.3) is 0 Å². The van der Waals surface area contributed by atoms with Gasteiger partial charge < -0.3 is 5.11 Å². The molecular weight excluding hydrogens is 175 g/mol. The molecule has 4 heteroatoms. The lowest BCUT2D eigenvalue weighted by atomic mass is 10.1. The van der Waals surface area contributed by atoms with Gasteiger partial charge in [-0.1, -0.05) is 23.2 Å². The van der Waals surface area contributed by atoms with Crippen LogP contribution in [0.4, 0.5) is 0 Å². The number of rotatable bonds is 0. The van der Waals surface area contributed by atoms with Crippen LogP contribution in [-0.4, -0.2) is 17.0 Å². The monoisotopic (exact) mass is 178 g/mol. The van der Waals surface area contributed by atoms with Crippen molar-refractivity contribution in [1.82, 2.24) is 0 Å². The maximum Gasteiger partial charge on any atom is 0.181 e. The highest BCUT2D eigenvalue weighted by Gasteiger charge is 2.18. The van der Waals surface area contributed by atoms with Gasteiger partial charge in [-0.25, -0.2) is 0 Å². The van der Waals surface area contributed by atoms with Gasteiger partial charge in [-0.15, -0.1) is 0 Å². The van der Waals surface area contributed by atoms with Crippen molar-refractivity contribution in [2.45, 2.75) is 6.10 Å². The van der Waals surface area contributed by atoms with E-state index in [1.54, 1.807) is 0 Å². The standard InChI is InChI=1S/C6H4Cl2O2/c7-4-1-3(9)2-5(8)6(4)10/h1-2,6,10H. The van der Waals surface area contributed by atoms with E-state index in [9.17, 15) is 4.79 Å². The first-order valence-corrected chi connectivity index (χ1v) is 3.33. The van der Waals surface area contributed by atoms with Crippen molar-refractivity contribution in [3.8, 4) is 0 Å². The summed E-state index contributed by atoms with van der Waals surface area (Å²) >= 11 is 10.8. The van der Waals surface area contributed by atoms with Crippen molar-refractivity contribution < 1.29 is 9.90 Å². The highest BCUT2D eigenvalue weighted by molar-refractivity contribution is 6.38. The second kappa shape index (κ2) is 2.74. The number of carbonyl (C=O) groups is 1. The molecule has 0 spiro atoms. The molecule has 0 aromatic heterocycles. The molecule has 0 saturated heterocycles. The van der Waals surface area contributed by atoms with Crippen LogP contribution in [0.5, 0.6) is 0 Å². The van der Waals surface area contributed by atoms with Crippen molar-refractivity contribution in [2.75, 3.05) is 0 Å². The molecule has 1 aliphatic carbocycles. The first-order valence-electron chi connectivity index (χ1n) is 2.57. The normalized spacial score (nSPS) is 20.5. The Labute approximate surface area is 67.7 Å². The van der Waals surface area contributed by atoms with E-state index in [0.29, 0.717) is 0 Å². The summed E-state index contributed by atoms with van der Waals surface area (Å²) in [7, 11) is 0. The summed E-state index contributed by atoms with van der Waals surface area (Å²) in [6.07, 6.45) is 1.26. The summed E-state index contributed by atoms with van der Waals surface area (Å²) in [4.78, 5) is 10.6. The molecule has 1 aliphatic rings. The number of allylic oxidation sites excluding steroid dienone is 2. The quantitative estimate of drug-likeness (QED) is 0.606. The molecule has 1 N–H and O–H groups in total. The maximum atomic E-state index is 10.6. The predicted octanol–water partition coefficient (Wildman–Crippen LogP) is 1.18. The largest absolute Gasteiger partial charge is 0.382 e. The first-order chi connectivity index (χ1) is 4.61. The minimum atomic E-state index is -1.01. The Bertz CT molecular complexity index is 208. The second-order valence-electron chi connectivity index (χ2n) is 1.86. The lowest BCUT2D eigenvalue weighted by Gasteiger charge is -2.10. The van der Waals surface area contributed by atoms with Gasteiger partial charge in [0.1, 0.15) is 6.10 Å².